The van der Waals surface area contributed by atoms with E-state index in [1.54, 1.807) is 7.11 Å². The van der Waals surface area contributed by atoms with E-state index in [-0.39, 0.29) is 6.61 Å². The molecule has 1 aromatic carbocycles. The van der Waals surface area contributed by atoms with Crippen LogP contribution in [0.15, 0.2) is 18.2 Å². The Balaban J connectivity index is 2.86. The highest BCUT2D eigenvalue weighted by Crippen LogP contribution is 2.19. The van der Waals surface area contributed by atoms with Crippen molar-refractivity contribution in [3.05, 3.63) is 29.3 Å². The second-order valence-electron chi connectivity index (χ2n) is 4.55. The summed E-state index contributed by atoms with van der Waals surface area (Å²) < 4.78 is 10.7. The van der Waals surface area contributed by atoms with Gasteiger partial charge in [0.2, 0.25) is 0 Å². The average molecular weight is 291 g/mol. The maximum Gasteiger partial charge on any atom is 0.119 e. The molecule has 0 aliphatic rings. The number of rotatable bonds is 8. The van der Waals surface area contributed by atoms with Crippen LogP contribution in [0.25, 0.3) is 0 Å². The van der Waals surface area contributed by atoms with Crippen LogP contribution in [0, 0.1) is 11.8 Å². The molecule has 1 aromatic rings. The third-order valence-electron chi connectivity index (χ3n) is 3.21. The Labute approximate surface area is 127 Å². The first kappa shape index (κ1) is 17.5. The van der Waals surface area contributed by atoms with Crippen LogP contribution in [0.4, 0.5) is 0 Å². The van der Waals surface area contributed by atoms with Gasteiger partial charge in [0.15, 0.2) is 0 Å². The van der Waals surface area contributed by atoms with Crippen molar-refractivity contribution in [3.63, 3.8) is 0 Å². The summed E-state index contributed by atoms with van der Waals surface area (Å²) in [5.74, 6) is 6.52. The normalized spacial score (nSPS) is 10.3. The lowest BCUT2D eigenvalue weighted by atomic mass is 10.1. The van der Waals surface area contributed by atoms with E-state index in [2.05, 4.69) is 23.7 Å². The molecule has 4 nitrogen and oxygen atoms in total. The van der Waals surface area contributed by atoms with Gasteiger partial charge in [0.1, 0.15) is 12.4 Å². The fourth-order valence-corrected chi connectivity index (χ4v) is 2.01. The molecule has 0 saturated heterocycles. The largest absolute Gasteiger partial charge is 0.497 e. The van der Waals surface area contributed by atoms with E-state index in [1.165, 1.54) is 0 Å². The Hall–Kier alpha value is -1.54. The van der Waals surface area contributed by atoms with Gasteiger partial charge in [-0.1, -0.05) is 18.8 Å². The van der Waals surface area contributed by atoms with Crippen LogP contribution in [0.5, 0.6) is 5.75 Å². The van der Waals surface area contributed by atoms with Gasteiger partial charge in [0.25, 0.3) is 0 Å². The van der Waals surface area contributed by atoms with E-state index in [9.17, 15) is 0 Å². The summed E-state index contributed by atoms with van der Waals surface area (Å²) in [6.07, 6.45) is 0. The first-order chi connectivity index (χ1) is 10.2. The first-order valence-electron chi connectivity index (χ1n) is 7.31. The van der Waals surface area contributed by atoms with Gasteiger partial charge in [0.05, 0.1) is 13.7 Å². The first-order valence-corrected chi connectivity index (χ1v) is 7.31. The Kier molecular flexibility index (Phi) is 8.53. The van der Waals surface area contributed by atoms with Crippen molar-refractivity contribution in [1.82, 2.24) is 4.90 Å². The maximum atomic E-state index is 8.87. The highest BCUT2D eigenvalue weighted by Gasteiger charge is 2.08. The number of methoxy groups -OCH3 is 1. The second-order valence-corrected chi connectivity index (χ2v) is 4.55. The molecule has 0 saturated carbocycles. The minimum absolute atomic E-state index is 0.132. The van der Waals surface area contributed by atoms with Crippen molar-refractivity contribution < 1.29 is 14.6 Å². The lowest BCUT2D eigenvalue weighted by molar-refractivity contribution is 0.113. The summed E-state index contributed by atoms with van der Waals surface area (Å²) >= 11 is 0. The van der Waals surface area contributed by atoms with Crippen LogP contribution in [0.3, 0.4) is 0 Å². The molecule has 0 fully saturated rings. The Morgan fingerprint density at radius 2 is 2.10 bits per heavy atom. The van der Waals surface area contributed by atoms with Crippen LogP contribution in [-0.2, 0) is 11.3 Å². The van der Waals surface area contributed by atoms with Crippen LogP contribution in [-0.4, -0.2) is 50.0 Å². The highest BCUT2D eigenvalue weighted by atomic mass is 16.5. The van der Waals surface area contributed by atoms with Crippen molar-refractivity contribution in [1.29, 1.82) is 0 Å². The third-order valence-corrected chi connectivity index (χ3v) is 3.21. The predicted octanol–water partition coefficient (Wildman–Crippen LogP) is 1.90. The molecule has 21 heavy (non-hydrogen) atoms. The predicted molar refractivity (Wildman–Crippen MR) is 84.4 cm³/mol. The quantitative estimate of drug-likeness (QED) is 0.587. The fraction of sp³-hybridized carbons (Fsp3) is 0.529. The number of ether oxygens (including phenoxy) is 2. The number of hydrogen-bond donors (Lipinski definition) is 1. The minimum atomic E-state index is -0.132. The van der Waals surface area contributed by atoms with E-state index in [0.717, 1.165) is 49.7 Å². The number of nitrogens with zero attached hydrogens (tertiary/aromatic N) is 1. The van der Waals surface area contributed by atoms with Crippen molar-refractivity contribution in [2.24, 2.45) is 0 Å². The molecule has 1 rings (SSSR count). The van der Waals surface area contributed by atoms with Crippen molar-refractivity contribution >= 4 is 0 Å². The molecule has 0 bridgehead atoms. The van der Waals surface area contributed by atoms with E-state index >= 15 is 0 Å². The van der Waals surface area contributed by atoms with Gasteiger partial charge in [-0.15, -0.1) is 0 Å². The molecule has 1 N–H and O–H groups in total. The zero-order chi connectivity index (χ0) is 15.5. The molecule has 0 aromatic heterocycles. The minimum Gasteiger partial charge on any atom is -0.497 e. The molecular formula is C17H25NO3. The Morgan fingerprint density at radius 3 is 2.71 bits per heavy atom. The summed E-state index contributed by atoms with van der Waals surface area (Å²) in [6, 6.07) is 5.83. The summed E-state index contributed by atoms with van der Waals surface area (Å²) in [5.41, 5.74) is 2.04. The van der Waals surface area contributed by atoms with Gasteiger partial charge < -0.3 is 14.6 Å². The topological polar surface area (TPSA) is 41.9 Å². The number of aliphatic hydroxyl groups excluding tert-OH is 1. The molecule has 0 unspecified atom stereocenters. The van der Waals surface area contributed by atoms with Gasteiger partial charge >= 0.3 is 0 Å². The molecule has 0 heterocycles. The summed E-state index contributed by atoms with van der Waals surface area (Å²) in [4.78, 5) is 2.30. The Morgan fingerprint density at radius 1 is 1.29 bits per heavy atom. The van der Waals surface area contributed by atoms with E-state index in [0.29, 0.717) is 0 Å². The molecule has 0 radical (unpaired) electrons. The molecule has 116 valence electrons. The van der Waals surface area contributed by atoms with Crippen LogP contribution >= 0.6 is 0 Å². The monoisotopic (exact) mass is 291 g/mol. The summed E-state index contributed by atoms with van der Waals surface area (Å²) in [7, 11) is 1.66. The zero-order valence-electron chi connectivity index (χ0n) is 13.2. The van der Waals surface area contributed by atoms with Crippen molar-refractivity contribution in [2.45, 2.75) is 20.4 Å². The number of aliphatic hydroxyl groups is 1. The zero-order valence-corrected chi connectivity index (χ0v) is 13.2. The smallest absolute Gasteiger partial charge is 0.119 e. The van der Waals surface area contributed by atoms with E-state index in [4.69, 9.17) is 14.6 Å². The molecule has 0 aliphatic carbocycles. The molecular weight excluding hydrogens is 266 g/mol. The van der Waals surface area contributed by atoms with Gasteiger partial charge in [-0.2, -0.15) is 0 Å². The summed E-state index contributed by atoms with van der Waals surface area (Å²) in [6.45, 7) is 8.08. The number of hydrogen-bond acceptors (Lipinski definition) is 4. The molecule has 0 spiro atoms. The van der Waals surface area contributed by atoms with Gasteiger partial charge in [0, 0.05) is 25.3 Å². The standard InChI is InChI=1S/C17H25NO3/c1-4-18(10-12-21-5-2)14-16-13-17(20-3)9-8-15(16)7-6-11-19/h8-9,13,19H,4-5,10-12,14H2,1-3H3. The fourth-order valence-electron chi connectivity index (χ4n) is 2.01. The molecule has 0 aliphatic heterocycles. The summed E-state index contributed by atoms with van der Waals surface area (Å²) in [5, 5.41) is 8.87. The molecule has 4 heteroatoms. The molecule has 0 amide bonds. The Bertz CT molecular complexity index is 477. The lowest BCUT2D eigenvalue weighted by Crippen LogP contribution is -2.27. The highest BCUT2D eigenvalue weighted by molar-refractivity contribution is 5.45. The number of likely N-dealkylation sites (N-methyl/N-ethyl adjacent to an activating group) is 1. The van der Waals surface area contributed by atoms with E-state index in [1.807, 2.05) is 25.1 Å². The van der Waals surface area contributed by atoms with Gasteiger partial charge in [-0.25, -0.2) is 0 Å². The van der Waals surface area contributed by atoms with Crippen molar-refractivity contribution in [3.8, 4) is 17.6 Å². The van der Waals surface area contributed by atoms with E-state index < -0.39 is 0 Å². The van der Waals surface area contributed by atoms with Gasteiger partial charge in [-0.05, 0) is 37.2 Å². The van der Waals surface area contributed by atoms with Crippen molar-refractivity contribution in [2.75, 3.05) is 40.0 Å². The number of benzene rings is 1. The SMILES string of the molecule is CCOCCN(CC)Cc1cc(OC)ccc1C#CCO. The third kappa shape index (κ3) is 6.17. The molecule has 0 atom stereocenters. The van der Waals surface area contributed by atoms with Crippen LogP contribution in [0.1, 0.15) is 25.0 Å². The van der Waals surface area contributed by atoms with Crippen LogP contribution < -0.4 is 4.74 Å². The maximum absolute atomic E-state index is 8.87. The van der Waals surface area contributed by atoms with Gasteiger partial charge in [-0.3, -0.25) is 4.90 Å². The lowest BCUT2D eigenvalue weighted by Gasteiger charge is -2.21. The van der Waals surface area contributed by atoms with Crippen LogP contribution in [0.2, 0.25) is 0 Å². The second kappa shape index (κ2) is 10.2. The average Bonchev–Trinajstić information content (AvgIpc) is 2.52.